The Bertz CT molecular complexity index is 890. The summed E-state index contributed by atoms with van der Waals surface area (Å²) in [7, 11) is 1.35. The standard InChI is InChI=1S/C25H33NO7/c1-25(2)32-19-11-17-18(15-9-10-16(21(15)27)23(28)30-3)12-26(20(17)22(19)33-25)24(29)31-13-14-7-5-4-6-8-14/h4-8,15-22,27H,9-13H2,1-3H3/t15?,16?,17-,18+,19+,20+,21?,22+/m0/s1. The quantitative estimate of drug-likeness (QED) is 0.692. The van der Waals surface area contributed by atoms with Crippen LogP contribution in [0.25, 0.3) is 0 Å². The van der Waals surface area contributed by atoms with Crippen molar-refractivity contribution in [3.8, 4) is 0 Å². The zero-order valence-corrected chi connectivity index (χ0v) is 19.4. The minimum atomic E-state index is -0.776. The maximum Gasteiger partial charge on any atom is 0.410 e. The molecule has 180 valence electrons. The SMILES string of the molecule is COC(=O)C1CCC([C@H]2CN(C(=O)OCc3ccccc3)[C@@H]3[C@H]2C[C@H]2OC(C)(C)O[C@@H]32)C1O. The molecule has 8 atom stereocenters. The summed E-state index contributed by atoms with van der Waals surface area (Å²) in [4.78, 5) is 27.2. The monoisotopic (exact) mass is 459 g/mol. The fourth-order valence-corrected chi connectivity index (χ4v) is 6.65. The lowest BCUT2D eigenvalue weighted by atomic mass is 9.79. The van der Waals surface area contributed by atoms with Gasteiger partial charge in [-0.1, -0.05) is 30.3 Å². The smallest absolute Gasteiger partial charge is 0.410 e. The summed E-state index contributed by atoms with van der Waals surface area (Å²) in [6.07, 6.45) is 0.607. The van der Waals surface area contributed by atoms with E-state index in [-0.39, 0.29) is 54.7 Å². The molecule has 2 saturated carbocycles. The van der Waals surface area contributed by atoms with Gasteiger partial charge in [0, 0.05) is 6.54 Å². The molecule has 4 aliphatic rings. The van der Waals surface area contributed by atoms with Crippen LogP contribution in [0.4, 0.5) is 4.79 Å². The normalized spacial score (nSPS) is 38.7. The number of fused-ring (bicyclic) bond motifs is 3. The number of esters is 1. The molecule has 1 aromatic carbocycles. The summed E-state index contributed by atoms with van der Waals surface area (Å²) in [6, 6.07) is 9.43. The predicted molar refractivity (Wildman–Crippen MR) is 117 cm³/mol. The Hall–Kier alpha value is -2.16. The third-order valence-corrected chi connectivity index (χ3v) is 7.97. The van der Waals surface area contributed by atoms with E-state index in [0.717, 1.165) is 18.4 Å². The van der Waals surface area contributed by atoms with Crippen LogP contribution in [0, 0.1) is 23.7 Å². The van der Waals surface area contributed by atoms with Gasteiger partial charge < -0.3 is 29.0 Å². The molecule has 5 rings (SSSR count). The predicted octanol–water partition coefficient (Wildman–Crippen LogP) is 2.72. The molecule has 2 aliphatic heterocycles. The zero-order chi connectivity index (χ0) is 23.3. The number of hydrogen-bond donors (Lipinski definition) is 1. The van der Waals surface area contributed by atoms with E-state index in [1.807, 2.05) is 44.2 Å². The molecule has 0 radical (unpaired) electrons. The lowest BCUT2D eigenvalue weighted by Crippen LogP contribution is -2.45. The molecule has 0 aromatic heterocycles. The summed E-state index contributed by atoms with van der Waals surface area (Å²) in [5.74, 6) is -1.48. The first kappa shape index (κ1) is 22.6. The molecule has 4 fully saturated rings. The van der Waals surface area contributed by atoms with E-state index in [2.05, 4.69) is 0 Å². The molecule has 0 bridgehead atoms. The van der Waals surface area contributed by atoms with E-state index in [4.69, 9.17) is 18.9 Å². The van der Waals surface area contributed by atoms with Gasteiger partial charge in [-0.25, -0.2) is 4.79 Å². The highest BCUT2D eigenvalue weighted by atomic mass is 16.8. The summed E-state index contributed by atoms with van der Waals surface area (Å²) >= 11 is 0. The van der Waals surface area contributed by atoms with E-state index in [0.29, 0.717) is 13.0 Å². The van der Waals surface area contributed by atoms with Crippen molar-refractivity contribution in [1.82, 2.24) is 4.90 Å². The summed E-state index contributed by atoms with van der Waals surface area (Å²) in [5.41, 5.74) is 0.927. The van der Waals surface area contributed by atoms with Gasteiger partial charge in [0.05, 0.1) is 31.3 Å². The van der Waals surface area contributed by atoms with Crippen LogP contribution >= 0.6 is 0 Å². The second-order valence-electron chi connectivity index (χ2n) is 10.2. The van der Waals surface area contributed by atoms with Crippen molar-refractivity contribution in [3.05, 3.63) is 35.9 Å². The molecular formula is C25H33NO7. The van der Waals surface area contributed by atoms with Gasteiger partial charge in [0.2, 0.25) is 0 Å². The van der Waals surface area contributed by atoms with E-state index < -0.39 is 17.8 Å². The number of likely N-dealkylation sites (tertiary alicyclic amines) is 1. The van der Waals surface area contributed by atoms with Crippen molar-refractivity contribution in [3.63, 3.8) is 0 Å². The Kier molecular flexibility index (Phi) is 5.87. The second-order valence-corrected chi connectivity index (χ2v) is 10.2. The number of aliphatic hydroxyl groups excluding tert-OH is 1. The lowest BCUT2D eigenvalue weighted by Gasteiger charge is -2.29. The number of amides is 1. The lowest BCUT2D eigenvalue weighted by molar-refractivity contribution is -0.159. The highest BCUT2D eigenvalue weighted by molar-refractivity contribution is 5.73. The summed E-state index contributed by atoms with van der Waals surface area (Å²) < 4.78 is 23.0. The number of carbonyl (C=O) groups excluding carboxylic acids is 2. The Morgan fingerprint density at radius 1 is 1.12 bits per heavy atom. The van der Waals surface area contributed by atoms with E-state index in [9.17, 15) is 14.7 Å². The average molecular weight is 460 g/mol. The van der Waals surface area contributed by atoms with E-state index >= 15 is 0 Å². The minimum Gasteiger partial charge on any atom is -0.469 e. The van der Waals surface area contributed by atoms with Gasteiger partial charge in [0.25, 0.3) is 0 Å². The van der Waals surface area contributed by atoms with Crippen molar-refractivity contribution in [2.75, 3.05) is 13.7 Å². The van der Waals surface area contributed by atoms with Gasteiger partial charge in [0.1, 0.15) is 12.7 Å². The van der Waals surface area contributed by atoms with Crippen LogP contribution in [0.15, 0.2) is 30.3 Å². The van der Waals surface area contributed by atoms with Crippen LogP contribution in [-0.2, 0) is 30.3 Å². The van der Waals surface area contributed by atoms with E-state index in [1.165, 1.54) is 7.11 Å². The number of aliphatic hydroxyl groups is 1. The molecule has 2 saturated heterocycles. The van der Waals surface area contributed by atoms with E-state index in [1.54, 1.807) is 4.90 Å². The molecule has 1 N–H and O–H groups in total. The number of rotatable bonds is 4. The van der Waals surface area contributed by atoms with Crippen LogP contribution in [0.3, 0.4) is 0 Å². The average Bonchev–Trinajstić information content (AvgIpc) is 3.51. The van der Waals surface area contributed by atoms with Crippen LogP contribution in [-0.4, -0.2) is 65.9 Å². The maximum atomic E-state index is 13.2. The molecule has 2 aliphatic carbocycles. The van der Waals surface area contributed by atoms with Gasteiger partial charge in [-0.15, -0.1) is 0 Å². The van der Waals surface area contributed by atoms with Crippen LogP contribution in [0.2, 0.25) is 0 Å². The fourth-order valence-electron chi connectivity index (χ4n) is 6.65. The van der Waals surface area contributed by atoms with Crippen molar-refractivity contribution in [1.29, 1.82) is 0 Å². The zero-order valence-electron chi connectivity index (χ0n) is 19.4. The van der Waals surface area contributed by atoms with Crippen molar-refractivity contribution in [2.24, 2.45) is 23.7 Å². The van der Waals surface area contributed by atoms with Crippen LogP contribution in [0.5, 0.6) is 0 Å². The van der Waals surface area contributed by atoms with Gasteiger partial charge >= 0.3 is 12.1 Å². The minimum absolute atomic E-state index is 0.0462. The number of benzene rings is 1. The van der Waals surface area contributed by atoms with Crippen molar-refractivity contribution < 1.29 is 33.6 Å². The van der Waals surface area contributed by atoms with Gasteiger partial charge in [0.15, 0.2) is 5.79 Å². The third-order valence-electron chi connectivity index (χ3n) is 7.97. The largest absolute Gasteiger partial charge is 0.469 e. The molecule has 0 spiro atoms. The van der Waals surface area contributed by atoms with Gasteiger partial charge in [-0.3, -0.25) is 4.79 Å². The van der Waals surface area contributed by atoms with Crippen LogP contribution in [0.1, 0.15) is 38.7 Å². The molecule has 2 heterocycles. The second kappa shape index (κ2) is 8.56. The summed E-state index contributed by atoms with van der Waals surface area (Å²) in [5, 5.41) is 11.0. The Balaban J connectivity index is 1.36. The maximum absolute atomic E-state index is 13.2. The number of hydrogen-bond acceptors (Lipinski definition) is 7. The molecule has 1 amide bonds. The first-order chi connectivity index (χ1) is 15.8. The molecule has 8 nitrogen and oxygen atoms in total. The molecule has 1 aromatic rings. The van der Waals surface area contributed by atoms with Crippen LogP contribution < -0.4 is 0 Å². The molecule has 33 heavy (non-hydrogen) atoms. The number of carbonyl (C=O) groups is 2. The third kappa shape index (κ3) is 4.02. The Morgan fingerprint density at radius 2 is 1.88 bits per heavy atom. The summed E-state index contributed by atoms with van der Waals surface area (Å²) in [6.45, 7) is 4.47. The number of nitrogens with zero attached hydrogens (tertiary/aromatic N) is 1. The molecular weight excluding hydrogens is 426 g/mol. The Labute approximate surface area is 194 Å². The number of methoxy groups -OCH3 is 1. The molecule has 8 heteroatoms. The highest BCUT2D eigenvalue weighted by Gasteiger charge is 2.63. The Morgan fingerprint density at radius 3 is 2.61 bits per heavy atom. The van der Waals surface area contributed by atoms with Gasteiger partial charge in [-0.2, -0.15) is 0 Å². The molecule has 3 unspecified atom stereocenters. The van der Waals surface area contributed by atoms with Crippen molar-refractivity contribution in [2.45, 2.75) is 69.9 Å². The van der Waals surface area contributed by atoms with Crippen molar-refractivity contribution >= 4 is 12.1 Å². The van der Waals surface area contributed by atoms with Gasteiger partial charge in [-0.05, 0) is 56.4 Å². The number of ether oxygens (including phenoxy) is 4. The fraction of sp³-hybridized carbons (Fsp3) is 0.680. The first-order valence-corrected chi connectivity index (χ1v) is 11.9. The topological polar surface area (TPSA) is 94.5 Å². The highest BCUT2D eigenvalue weighted by Crippen LogP contribution is 2.54. The first-order valence-electron chi connectivity index (χ1n) is 11.9.